The molecule has 1 aromatic heterocycles. The van der Waals surface area contributed by atoms with E-state index in [1.165, 1.54) is 6.20 Å². The standard InChI is InChI=1S/C10H13Cl2N3/c1-3-15(4-2)10(13)9-8(12)5-7(11)6-14-9/h5-6,13H,3-4H2,1-2H3. The maximum atomic E-state index is 7.93. The molecule has 1 heterocycles. The van der Waals surface area contributed by atoms with Crippen molar-refractivity contribution < 1.29 is 0 Å². The van der Waals surface area contributed by atoms with Gasteiger partial charge in [0.25, 0.3) is 0 Å². The van der Waals surface area contributed by atoms with E-state index in [0.717, 1.165) is 13.1 Å². The lowest BCUT2D eigenvalue weighted by Crippen LogP contribution is -2.31. The molecule has 0 saturated carbocycles. The summed E-state index contributed by atoms with van der Waals surface area (Å²) in [6.45, 7) is 5.50. The Kier molecular flexibility index (Phi) is 4.36. The Bertz CT molecular complexity index is 362. The van der Waals surface area contributed by atoms with E-state index in [1.54, 1.807) is 6.07 Å². The summed E-state index contributed by atoms with van der Waals surface area (Å²) in [5.41, 5.74) is 0.477. The summed E-state index contributed by atoms with van der Waals surface area (Å²) < 4.78 is 0. The van der Waals surface area contributed by atoms with E-state index in [2.05, 4.69) is 4.98 Å². The molecule has 3 nitrogen and oxygen atoms in total. The number of nitrogens with zero attached hydrogens (tertiary/aromatic N) is 2. The minimum absolute atomic E-state index is 0.335. The van der Waals surface area contributed by atoms with Crippen LogP contribution in [-0.4, -0.2) is 28.8 Å². The maximum absolute atomic E-state index is 7.93. The van der Waals surface area contributed by atoms with E-state index >= 15 is 0 Å². The fraction of sp³-hybridized carbons (Fsp3) is 0.400. The van der Waals surface area contributed by atoms with Gasteiger partial charge in [-0.15, -0.1) is 0 Å². The van der Waals surface area contributed by atoms with Crippen LogP contribution in [0.2, 0.25) is 10.0 Å². The summed E-state index contributed by atoms with van der Waals surface area (Å²) >= 11 is 11.7. The molecule has 5 heteroatoms. The van der Waals surface area contributed by atoms with Gasteiger partial charge in [-0.25, -0.2) is 4.98 Å². The molecule has 0 spiro atoms. The summed E-state index contributed by atoms with van der Waals surface area (Å²) in [7, 11) is 0. The van der Waals surface area contributed by atoms with Crippen LogP contribution in [0.15, 0.2) is 12.3 Å². The van der Waals surface area contributed by atoms with E-state index in [-0.39, 0.29) is 0 Å². The third-order valence-corrected chi connectivity index (χ3v) is 2.61. The van der Waals surface area contributed by atoms with Crippen LogP contribution in [0, 0.1) is 5.41 Å². The molecule has 1 rings (SSSR count). The van der Waals surface area contributed by atoms with Crippen molar-refractivity contribution in [2.75, 3.05) is 13.1 Å². The maximum Gasteiger partial charge on any atom is 0.148 e. The van der Waals surface area contributed by atoms with Gasteiger partial charge in [-0.1, -0.05) is 23.2 Å². The number of amidine groups is 1. The fourth-order valence-electron chi connectivity index (χ4n) is 1.28. The van der Waals surface area contributed by atoms with E-state index < -0.39 is 0 Å². The molecule has 0 fully saturated rings. The summed E-state index contributed by atoms with van der Waals surface area (Å²) in [6, 6.07) is 1.60. The van der Waals surface area contributed by atoms with Crippen LogP contribution in [0.4, 0.5) is 0 Å². The van der Waals surface area contributed by atoms with Crippen molar-refractivity contribution in [2.24, 2.45) is 0 Å². The lowest BCUT2D eigenvalue weighted by atomic mass is 10.3. The van der Waals surface area contributed by atoms with Crippen LogP contribution >= 0.6 is 23.2 Å². The average Bonchev–Trinajstić information content (AvgIpc) is 2.19. The number of pyridine rings is 1. The minimum atomic E-state index is 0.335. The molecule has 1 aromatic rings. The van der Waals surface area contributed by atoms with Crippen LogP contribution in [0.25, 0.3) is 0 Å². The first-order valence-corrected chi connectivity index (χ1v) is 5.50. The quantitative estimate of drug-likeness (QED) is 0.657. The molecule has 0 aliphatic carbocycles. The third-order valence-electron chi connectivity index (χ3n) is 2.11. The number of rotatable bonds is 3. The molecule has 0 amide bonds. The van der Waals surface area contributed by atoms with Crippen LogP contribution < -0.4 is 0 Å². The first kappa shape index (κ1) is 12.3. The van der Waals surface area contributed by atoms with Gasteiger partial charge >= 0.3 is 0 Å². The first-order valence-electron chi connectivity index (χ1n) is 4.75. The Hall–Kier alpha value is -0.800. The zero-order valence-electron chi connectivity index (χ0n) is 8.72. The smallest absolute Gasteiger partial charge is 0.148 e. The molecule has 15 heavy (non-hydrogen) atoms. The van der Waals surface area contributed by atoms with Crippen LogP contribution in [0.5, 0.6) is 0 Å². The van der Waals surface area contributed by atoms with Gasteiger partial charge in [0.05, 0.1) is 10.0 Å². The van der Waals surface area contributed by atoms with Crippen molar-refractivity contribution in [2.45, 2.75) is 13.8 Å². The minimum Gasteiger partial charge on any atom is -0.356 e. The molecule has 0 saturated heterocycles. The fourth-order valence-corrected chi connectivity index (χ4v) is 1.75. The lowest BCUT2D eigenvalue weighted by Gasteiger charge is -2.21. The van der Waals surface area contributed by atoms with Crippen molar-refractivity contribution in [3.05, 3.63) is 28.0 Å². The van der Waals surface area contributed by atoms with Crippen molar-refractivity contribution in [3.63, 3.8) is 0 Å². The molecule has 0 aliphatic heterocycles. The second-order valence-corrected chi connectivity index (χ2v) is 3.85. The van der Waals surface area contributed by atoms with E-state index in [9.17, 15) is 0 Å². The van der Waals surface area contributed by atoms with Crippen LogP contribution in [0.3, 0.4) is 0 Å². The summed E-state index contributed by atoms with van der Waals surface area (Å²) in [6.07, 6.45) is 1.50. The Morgan fingerprint density at radius 2 is 2.00 bits per heavy atom. The molecular weight excluding hydrogens is 233 g/mol. The molecule has 0 unspecified atom stereocenters. The number of hydrogen-bond acceptors (Lipinski definition) is 2. The van der Waals surface area contributed by atoms with Crippen LogP contribution in [0.1, 0.15) is 19.5 Å². The lowest BCUT2D eigenvalue weighted by molar-refractivity contribution is 0.462. The van der Waals surface area contributed by atoms with E-state index in [4.69, 9.17) is 28.6 Å². The monoisotopic (exact) mass is 245 g/mol. The summed E-state index contributed by atoms with van der Waals surface area (Å²) in [4.78, 5) is 5.94. The second-order valence-electron chi connectivity index (χ2n) is 3.00. The second kappa shape index (κ2) is 5.33. The molecule has 82 valence electrons. The number of nitrogens with one attached hydrogen (secondary N) is 1. The molecule has 0 bridgehead atoms. The van der Waals surface area contributed by atoms with Gasteiger partial charge in [0.2, 0.25) is 0 Å². The Morgan fingerprint density at radius 3 is 2.47 bits per heavy atom. The molecular formula is C10H13Cl2N3. The van der Waals surface area contributed by atoms with Crippen LogP contribution in [-0.2, 0) is 0 Å². The first-order chi connectivity index (χ1) is 7.10. The zero-order chi connectivity index (χ0) is 11.4. The molecule has 1 N–H and O–H groups in total. The highest BCUT2D eigenvalue weighted by atomic mass is 35.5. The Morgan fingerprint density at radius 1 is 1.40 bits per heavy atom. The van der Waals surface area contributed by atoms with Gasteiger partial charge in [0, 0.05) is 19.3 Å². The van der Waals surface area contributed by atoms with Gasteiger partial charge in [-0.05, 0) is 19.9 Å². The zero-order valence-corrected chi connectivity index (χ0v) is 10.2. The largest absolute Gasteiger partial charge is 0.356 e. The Labute approximate surface area is 99.5 Å². The summed E-state index contributed by atoms with van der Waals surface area (Å²) in [5.74, 6) is 0.335. The number of hydrogen-bond donors (Lipinski definition) is 1. The van der Waals surface area contributed by atoms with Crippen molar-refractivity contribution in [1.29, 1.82) is 5.41 Å². The van der Waals surface area contributed by atoms with Gasteiger partial charge < -0.3 is 4.90 Å². The average molecular weight is 246 g/mol. The van der Waals surface area contributed by atoms with Gasteiger partial charge in [0.15, 0.2) is 0 Å². The molecule has 0 atom stereocenters. The number of halogens is 2. The normalized spacial score (nSPS) is 10.1. The molecule has 0 aliphatic rings. The molecule has 0 aromatic carbocycles. The van der Waals surface area contributed by atoms with E-state index in [1.807, 2.05) is 18.7 Å². The van der Waals surface area contributed by atoms with E-state index in [0.29, 0.717) is 21.6 Å². The highest BCUT2D eigenvalue weighted by Gasteiger charge is 2.13. The third kappa shape index (κ3) is 2.83. The van der Waals surface area contributed by atoms with Gasteiger partial charge in [0.1, 0.15) is 11.5 Å². The van der Waals surface area contributed by atoms with Crippen molar-refractivity contribution in [3.8, 4) is 0 Å². The molecule has 0 radical (unpaired) electrons. The van der Waals surface area contributed by atoms with Gasteiger partial charge in [-0.2, -0.15) is 0 Å². The SMILES string of the molecule is CCN(CC)C(=N)c1ncc(Cl)cc1Cl. The summed E-state index contributed by atoms with van der Waals surface area (Å²) in [5, 5.41) is 8.83. The highest BCUT2D eigenvalue weighted by Crippen LogP contribution is 2.19. The topological polar surface area (TPSA) is 40.0 Å². The number of aromatic nitrogens is 1. The van der Waals surface area contributed by atoms with Crippen molar-refractivity contribution >= 4 is 29.0 Å². The van der Waals surface area contributed by atoms with Gasteiger partial charge in [-0.3, -0.25) is 5.41 Å². The Balaban J connectivity index is 3.00. The predicted molar refractivity (Wildman–Crippen MR) is 64.0 cm³/mol. The van der Waals surface area contributed by atoms with Crippen molar-refractivity contribution in [1.82, 2.24) is 9.88 Å². The predicted octanol–water partition coefficient (Wildman–Crippen LogP) is 3.06. The highest BCUT2D eigenvalue weighted by molar-refractivity contribution is 6.36.